The molecule has 3 aromatic carbocycles. The highest BCUT2D eigenvalue weighted by Gasteiger charge is 2.23. The molecule has 0 spiro atoms. The minimum atomic E-state index is -0.704. The molecule has 0 aliphatic carbocycles. The summed E-state index contributed by atoms with van der Waals surface area (Å²) in [5.74, 6) is -0.800. The zero-order valence-electron chi connectivity index (χ0n) is 23.8. The summed E-state index contributed by atoms with van der Waals surface area (Å²) >= 11 is 0. The minimum absolute atomic E-state index is 0.0526. The molecule has 3 aromatic rings. The number of phenolic OH excluding ortho intramolecular Hbond substituents is 1. The molecule has 0 aromatic heterocycles. The first kappa shape index (κ1) is 29.1. The van der Waals surface area contributed by atoms with Gasteiger partial charge in [-0.25, -0.2) is 4.79 Å². The minimum Gasteiger partial charge on any atom is -0.507 e. The number of benzene rings is 3. The lowest BCUT2D eigenvalue weighted by Crippen LogP contribution is -2.44. The molecule has 1 saturated heterocycles. The van der Waals surface area contributed by atoms with Crippen LogP contribution in [0.1, 0.15) is 47.9 Å². The highest BCUT2D eigenvalue weighted by molar-refractivity contribution is 6.10. The number of phenols is 1. The van der Waals surface area contributed by atoms with Crippen LogP contribution in [-0.2, 0) is 4.74 Å². The van der Waals surface area contributed by atoms with E-state index in [4.69, 9.17) is 9.47 Å². The Hall–Kier alpha value is -3.88. The van der Waals surface area contributed by atoms with Crippen LogP contribution in [0.25, 0.3) is 11.1 Å². The number of nitrogens with zero attached hydrogens (tertiary/aromatic N) is 2. The Morgan fingerprint density at radius 2 is 1.62 bits per heavy atom. The molecule has 0 bridgehead atoms. The molecule has 2 N–H and O–H groups in total. The van der Waals surface area contributed by atoms with Gasteiger partial charge in [0, 0.05) is 32.7 Å². The van der Waals surface area contributed by atoms with E-state index >= 15 is 0 Å². The van der Waals surface area contributed by atoms with Crippen molar-refractivity contribution < 1.29 is 24.2 Å². The number of ether oxygens (including phenoxy) is 2. The third kappa shape index (κ3) is 8.07. The Kier molecular flexibility index (Phi) is 9.45. The van der Waals surface area contributed by atoms with Crippen molar-refractivity contribution in [2.75, 3.05) is 51.7 Å². The molecular formula is C32H39N3O5. The zero-order valence-corrected chi connectivity index (χ0v) is 23.8. The molecular weight excluding hydrogens is 506 g/mol. The first-order valence-electron chi connectivity index (χ1n) is 13.7. The number of aromatic hydroxyl groups is 1. The number of rotatable bonds is 9. The van der Waals surface area contributed by atoms with Crippen LogP contribution >= 0.6 is 0 Å². The first-order valence-corrected chi connectivity index (χ1v) is 13.7. The number of nitrogens with one attached hydrogen (secondary N) is 1. The summed E-state index contributed by atoms with van der Waals surface area (Å²) in [6, 6.07) is 19.5. The average molecular weight is 546 g/mol. The normalized spacial score (nSPS) is 14.5. The smallest absolute Gasteiger partial charge is 0.340 e. The van der Waals surface area contributed by atoms with Gasteiger partial charge in [0.05, 0.1) is 23.4 Å². The molecule has 1 amide bonds. The maximum Gasteiger partial charge on any atom is 0.340 e. The van der Waals surface area contributed by atoms with E-state index in [1.165, 1.54) is 12.1 Å². The molecule has 0 saturated carbocycles. The van der Waals surface area contributed by atoms with Crippen LogP contribution in [0.4, 0.5) is 5.69 Å². The van der Waals surface area contributed by atoms with Gasteiger partial charge in [0.1, 0.15) is 17.1 Å². The number of likely N-dealkylation sites (N-methyl/N-ethyl adjacent to an activating group) is 1. The van der Waals surface area contributed by atoms with E-state index in [1.807, 2.05) is 36.4 Å². The van der Waals surface area contributed by atoms with Gasteiger partial charge in [-0.3, -0.25) is 4.79 Å². The van der Waals surface area contributed by atoms with Gasteiger partial charge in [0.2, 0.25) is 0 Å². The standard InChI is InChI=1S/C32H39N3O5/c1-32(2,3)40-31(38)26-13-11-24(23-9-6-5-7-10-23)21-28(26)33-30(37)27-22-25(12-14-29(27)36)39-20-8-15-35-18-16-34(4)17-19-35/h5-7,9-14,21-22,36H,8,15-20H2,1-4H3,(H,33,37). The molecule has 1 aliphatic rings. The number of piperazine rings is 1. The molecule has 8 heteroatoms. The quantitative estimate of drug-likeness (QED) is 0.279. The van der Waals surface area contributed by atoms with E-state index in [0.717, 1.165) is 50.3 Å². The number of carbonyl (C=O) groups is 2. The fourth-order valence-electron chi connectivity index (χ4n) is 4.50. The van der Waals surface area contributed by atoms with Crippen LogP contribution in [0, 0.1) is 0 Å². The molecule has 1 aliphatic heterocycles. The molecule has 212 valence electrons. The molecule has 0 radical (unpaired) electrons. The topological polar surface area (TPSA) is 91.3 Å². The van der Waals surface area contributed by atoms with Crippen molar-refractivity contribution in [3.05, 3.63) is 77.9 Å². The van der Waals surface area contributed by atoms with Crippen molar-refractivity contribution >= 4 is 17.6 Å². The van der Waals surface area contributed by atoms with Crippen molar-refractivity contribution in [2.24, 2.45) is 0 Å². The van der Waals surface area contributed by atoms with E-state index in [0.29, 0.717) is 18.0 Å². The van der Waals surface area contributed by atoms with Gasteiger partial charge < -0.3 is 29.7 Å². The molecule has 8 nitrogen and oxygen atoms in total. The van der Waals surface area contributed by atoms with Gasteiger partial charge >= 0.3 is 5.97 Å². The van der Waals surface area contributed by atoms with Gasteiger partial charge in [-0.05, 0) is 75.7 Å². The summed E-state index contributed by atoms with van der Waals surface area (Å²) in [5.41, 5.74) is 1.62. The highest BCUT2D eigenvalue weighted by Crippen LogP contribution is 2.30. The Balaban J connectivity index is 1.49. The lowest BCUT2D eigenvalue weighted by Gasteiger charge is -2.32. The van der Waals surface area contributed by atoms with Crippen molar-refractivity contribution in [1.82, 2.24) is 9.80 Å². The summed E-state index contributed by atoms with van der Waals surface area (Å²) < 4.78 is 11.5. The summed E-state index contributed by atoms with van der Waals surface area (Å²) in [6.07, 6.45) is 0.859. The summed E-state index contributed by atoms with van der Waals surface area (Å²) in [6.45, 7) is 11.1. The molecule has 0 unspecified atom stereocenters. The van der Waals surface area contributed by atoms with Crippen LogP contribution < -0.4 is 10.1 Å². The van der Waals surface area contributed by atoms with Gasteiger partial charge in [0.25, 0.3) is 5.91 Å². The number of esters is 1. The van der Waals surface area contributed by atoms with Gasteiger partial charge in [-0.15, -0.1) is 0 Å². The predicted molar refractivity (Wildman–Crippen MR) is 157 cm³/mol. The SMILES string of the molecule is CN1CCN(CCCOc2ccc(O)c(C(=O)Nc3cc(-c4ccccc4)ccc3C(=O)OC(C)(C)C)c2)CC1. The number of carbonyl (C=O) groups excluding carboxylic acids is 2. The van der Waals surface area contributed by atoms with Gasteiger partial charge in [0.15, 0.2) is 0 Å². The van der Waals surface area contributed by atoms with Gasteiger partial charge in [-0.1, -0.05) is 36.4 Å². The first-order chi connectivity index (χ1) is 19.1. The number of hydrogen-bond donors (Lipinski definition) is 2. The van der Waals surface area contributed by atoms with Crippen LogP contribution in [0.5, 0.6) is 11.5 Å². The average Bonchev–Trinajstić information content (AvgIpc) is 2.92. The largest absolute Gasteiger partial charge is 0.507 e. The van der Waals surface area contributed by atoms with Crippen molar-refractivity contribution in [2.45, 2.75) is 32.8 Å². The van der Waals surface area contributed by atoms with Crippen LogP contribution in [0.15, 0.2) is 66.7 Å². The zero-order chi connectivity index (χ0) is 28.7. The Morgan fingerprint density at radius 1 is 0.900 bits per heavy atom. The van der Waals surface area contributed by atoms with Crippen molar-refractivity contribution in [3.8, 4) is 22.6 Å². The third-order valence-corrected chi connectivity index (χ3v) is 6.69. The third-order valence-electron chi connectivity index (χ3n) is 6.69. The molecule has 0 atom stereocenters. The van der Waals surface area contributed by atoms with E-state index in [-0.39, 0.29) is 16.9 Å². The van der Waals surface area contributed by atoms with Crippen LogP contribution in [0.2, 0.25) is 0 Å². The number of anilines is 1. The second-order valence-corrected chi connectivity index (χ2v) is 11.1. The van der Waals surface area contributed by atoms with Crippen molar-refractivity contribution in [3.63, 3.8) is 0 Å². The summed E-state index contributed by atoms with van der Waals surface area (Å²) in [4.78, 5) is 31.1. The Morgan fingerprint density at radius 3 is 2.33 bits per heavy atom. The number of hydrogen-bond acceptors (Lipinski definition) is 7. The van der Waals surface area contributed by atoms with E-state index in [9.17, 15) is 14.7 Å². The molecule has 1 fully saturated rings. The fourth-order valence-corrected chi connectivity index (χ4v) is 4.50. The van der Waals surface area contributed by atoms with E-state index in [2.05, 4.69) is 22.2 Å². The Labute approximate surface area is 236 Å². The molecule has 1 heterocycles. The lowest BCUT2D eigenvalue weighted by molar-refractivity contribution is 0.00707. The molecule has 4 rings (SSSR count). The highest BCUT2D eigenvalue weighted by atomic mass is 16.6. The summed E-state index contributed by atoms with van der Waals surface area (Å²) in [7, 11) is 2.14. The van der Waals surface area contributed by atoms with E-state index < -0.39 is 17.5 Å². The summed E-state index contributed by atoms with van der Waals surface area (Å²) in [5, 5.41) is 13.3. The maximum atomic E-state index is 13.4. The van der Waals surface area contributed by atoms with Crippen LogP contribution in [0.3, 0.4) is 0 Å². The molecule has 40 heavy (non-hydrogen) atoms. The van der Waals surface area contributed by atoms with Gasteiger partial charge in [-0.2, -0.15) is 0 Å². The Bertz CT molecular complexity index is 1310. The maximum absolute atomic E-state index is 13.4. The monoisotopic (exact) mass is 545 g/mol. The van der Waals surface area contributed by atoms with Crippen LogP contribution in [-0.4, -0.2) is 78.8 Å². The second kappa shape index (κ2) is 13.0. The van der Waals surface area contributed by atoms with E-state index in [1.54, 1.807) is 39.0 Å². The lowest BCUT2D eigenvalue weighted by atomic mass is 10.0. The van der Waals surface area contributed by atoms with Crippen molar-refractivity contribution in [1.29, 1.82) is 0 Å². The second-order valence-electron chi connectivity index (χ2n) is 11.1. The fraction of sp³-hybridized carbons (Fsp3) is 0.375. The number of amides is 1. The predicted octanol–water partition coefficient (Wildman–Crippen LogP) is 5.28.